The van der Waals surface area contributed by atoms with Gasteiger partial charge in [0.25, 0.3) is 0 Å². The predicted octanol–water partition coefficient (Wildman–Crippen LogP) is 5.50. The molecule has 0 N–H and O–H groups in total. The lowest BCUT2D eigenvalue weighted by Gasteiger charge is -2.20. The number of carbonyl (C=O) groups excluding carboxylic acids is 1. The predicted molar refractivity (Wildman–Crippen MR) is 121 cm³/mol. The number of rotatable bonds is 7. The molecule has 0 saturated heterocycles. The van der Waals surface area contributed by atoms with Crippen LogP contribution in [0, 0.1) is 0 Å². The summed E-state index contributed by atoms with van der Waals surface area (Å²) in [6.07, 6.45) is 0. The standard InChI is InChI=1S/C23H21N3OS2/c1-2-26(15-18-11-8-14-28-18)21(27)16-29-23-20-13-7-6-12-19(20)22(24-25-23)17-9-4-3-5-10-17/h3-14H,2,15-16H2,1H3. The highest BCUT2D eigenvalue weighted by Gasteiger charge is 2.16. The van der Waals surface area contributed by atoms with Crippen LogP contribution >= 0.6 is 23.1 Å². The van der Waals surface area contributed by atoms with Gasteiger partial charge in [-0.1, -0.05) is 72.4 Å². The molecular weight excluding hydrogens is 398 g/mol. The molecule has 0 unspecified atom stereocenters. The van der Waals surface area contributed by atoms with Gasteiger partial charge in [-0.2, -0.15) is 0 Å². The summed E-state index contributed by atoms with van der Waals surface area (Å²) in [6.45, 7) is 3.36. The third kappa shape index (κ3) is 4.49. The molecule has 4 nitrogen and oxygen atoms in total. The topological polar surface area (TPSA) is 46.1 Å². The summed E-state index contributed by atoms with van der Waals surface area (Å²) in [6, 6.07) is 22.3. The number of fused-ring (bicyclic) bond motifs is 1. The zero-order chi connectivity index (χ0) is 20.1. The molecule has 0 bridgehead atoms. The van der Waals surface area contributed by atoms with Crippen LogP contribution < -0.4 is 0 Å². The van der Waals surface area contributed by atoms with Gasteiger partial charge in [-0.3, -0.25) is 4.79 Å². The number of aromatic nitrogens is 2. The zero-order valence-electron chi connectivity index (χ0n) is 16.1. The molecule has 0 saturated carbocycles. The van der Waals surface area contributed by atoms with E-state index in [1.54, 1.807) is 11.3 Å². The molecule has 2 heterocycles. The fourth-order valence-corrected chi connectivity index (χ4v) is 4.78. The van der Waals surface area contributed by atoms with Crippen LogP contribution in [0.4, 0.5) is 0 Å². The summed E-state index contributed by atoms with van der Waals surface area (Å²) in [5.41, 5.74) is 1.90. The molecule has 0 radical (unpaired) electrons. The minimum Gasteiger partial charge on any atom is -0.337 e. The first kappa shape index (κ1) is 19.6. The Kier molecular flexibility index (Phi) is 6.22. The molecular formula is C23H21N3OS2. The molecule has 146 valence electrons. The van der Waals surface area contributed by atoms with Crippen molar-refractivity contribution in [2.24, 2.45) is 0 Å². The minimum atomic E-state index is 0.115. The number of thiophene rings is 1. The lowest BCUT2D eigenvalue weighted by molar-refractivity contribution is -0.128. The fraction of sp³-hybridized carbons (Fsp3) is 0.174. The maximum Gasteiger partial charge on any atom is 0.233 e. The summed E-state index contributed by atoms with van der Waals surface area (Å²) in [5.74, 6) is 0.465. The number of carbonyl (C=O) groups is 1. The molecule has 0 aliphatic heterocycles. The van der Waals surface area contributed by atoms with Gasteiger partial charge in [-0.25, -0.2) is 0 Å². The second-order valence-electron chi connectivity index (χ2n) is 6.54. The van der Waals surface area contributed by atoms with E-state index >= 15 is 0 Å². The van der Waals surface area contributed by atoms with Gasteiger partial charge in [0, 0.05) is 27.8 Å². The van der Waals surface area contributed by atoms with Crippen LogP contribution in [0.25, 0.3) is 22.0 Å². The van der Waals surface area contributed by atoms with E-state index in [1.165, 1.54) is 16.6 Å². The van der Waals surface area contributed by atoms with Gasteiger partial charge in [-0.05, 0) is 18.4 Å². The van der Waals surface area contributed by atoms with E-state index in [2.05, 4.69) is 22.3 Å². The molecule has 0 fully saturated rings. The summed E-state index contributed by atoms with van der Waals surface area (Å²) in [7, 11) is 0. The third-order valence-corrected chi connectivity index (χ3v) is 6.52. The number of nitrogens with zero attached hydrogens (tertiary/aromatic N) is 3. The number of benzene rings is 2. The van der Waals surface area contributed by atoms with E-state index in [-0.39, 0.29) is 5.91 Å². The van der Waals surface area contributed by atoms with Crippen LogP contribution in [0.2, 0.25) is 0 Å². The molecule has 2 aromatic heterocycles. The Morgan fingerprint density at radius 1 is 0.966 bits per heavy atom. The summed E-state index contributed by atoms with van der Waals surface area (Å²) >= 11 is 3.13. The van der Waals surface area contributed by atoms with Gasteiger partial charge in [0.1, 0.15) is 10.7 Å². The van der Waals surface area contributed by atoms with E-state index in [9.17, 15) is 4.79 Å². The molecule has 29 heavy (non-hydrogen) atoms. The highest BCUT2D eigenvalue weighted by atomic mass is 32.2. The lowest BCUT2D eigenvalue weighted by Crippen LogP contribution is -2.31. The molecule has 4 rings (SSSR count). The van der Waals surface area contributed by atoms with E-state index in [0.717, 1.165) is 27.1 Å². The third-order valence-electron chi connectivity index (χ3n) is 4.69. The highest BCUT2D eigenvalue weighted by Crippen LogP contribution is 2.31. The second kappa shape index (κ2) is 9.20. The molecule has 2 aromatic carbocycles. The fourth-order valence-electron chi connectivity index (χ4n) is 3.18. The number of hydrogen-bond donors (Lipinski definition) is 0. The van der Waals surface area contributed by atoms with Crippen molar-refractivity contribution in [3.05, 3.63) is 77.0 Å². The van der Waals surface area contributed by atoms with Gasteiger partial charge in [0.2, 0.25) is 5.91 Å². The summed E-state index contributed by atoms with van der Waals surface area (Å²) < 4.78 is 0. The number of thioether (sulfide) groups is 1. The second-order valence-corrected chi connectivity index (χ2v) is 8.54. The first-order chi connectivity index (χ1) is 14.3. The zero-order valence-corrected chi connectivity index (χ0v) is 17.7. The first-order valence-corrected chi connectivity index (χ1v) is 11.4. The van der Waals surface area contributed by atoms with Crippen molar-refractivity contribution in [2.45, 2.75) is 18.5 Å². The van der Waals surface area contributed by atoms with Crippen LogP contribution in [-0.4, -0.2) is 33.3 Å². The number of hydrogen-bond acceptors (Lipinski definition) is 5. The average Bonchev–Trinajstić information content (AvgIpc) is 3.29. The minimum absolute atomic E-state index is 0.115. The summed E-state index contributed by atoms with van der Waals surface area (Å²) in [5, 5.41) is 13.9. The van der Waals surface area contributed by atoms with E-state index < -0.39 is 0 Å². The maximum absolute atomic E-state index is 12.8. The molecule has 6 heteroatoms. The molecule has 0 aliphatic carbocycles. The Labute approximate surface area is 178 Å². The van der Waals surface area contributed by atoms with Gasteiger partial charge < -0.3 is 4.90 Å². The van der Waals surface area contributed by atoms with Crippen molar-refractivity contribution >= 4 is 39.8 Å². The van der Waals surface area contributed by atoms with E-state index in [0.29, 0.717) is 18.8 Å². The smallest absolute Gasteiger partial charge is 0.233 e. The lowest BCUT2D eigenvalue weighted by atomic mass is 10.1. The Balaban J connectivity index is 1.55. The SMILES string of the molecule is CCN(Cc1cccs1)C(=O)CSc1nnc(-c2ccccc2)c2ccccc12. The van der Waals surface area contributed by atoms with Crippen molar-refractivity contribution in [2.75, 3.05) is 12.3 Å². The van der Waals surface area contributed by atoms with Crippen LogP contribution in [0.5, 0.6) is 0 Å². The van der Waals surface area contributed by atoms with Crippen molar-refractivity contribution in [3.8, 4) is 11.3 Å². The van der Waals surface area contributed by atoms with Crippen LogP contribution in [0.15, 0.2) is 77.1 Å². The quantitative estimate of drug-likeness (QED) is 0.371. The Bertz CT molecular complexity index is 1100. The molecule has 1 amide bonds. The highest BCUT2D eigenvalue weighted by molar-refractivity contribution is 8.00. The largest absolute Gasteiger partial charge is 0.337 e. The molecule has 0 aliphatic rings. The molecule has 4 aromatic rings. The van der Waals surface area contributed by atoms with E-state index in [4.69, 9.17) is 0 Å². The van der Waals surface area contributed by atoms with Gasteiger partial charge in [0.15, 0.2) is 0 Å². The van der Waals surface area contributed by atoms with Gasteiger partial charge in [0.05, 0.1) is 12.3 Å². The Hall–Kier alpha value is -2.70. The van der Waals surface area contributed by atoms with Gasteiger partial charge >= 0.3 is 0 Å². The molecule has 0 atom stereocenters. The first-order valence-electron chi connectivity index (χ1n) is 9.50. The maximum atomic E-state index is 12.8. The normalized spacial score (nSPS) is 10.9. The Morgan fingerprint density at radius 2 is 1.72 bits per heavy atom. The van der Waals surface area contributed by atoms with Crippen LogP contribution in [-0.2, 0) is 11.3 Å². The number of amides is 1. The van der Waals surface area contributed by atoms with Crippen LogP contribution in [0.3, 0.4) is 0 Å². The van der Waals surface area contributed by atoms with Crippen molar-refractivity contribution in [1.29, 1.82) is 0 Å². The molecule has 0 spiro atoms. The average molecular weight is 420 g/mol. The Morgan fingerprint density at radius 3 is 2.45 bits per heavy atom. The van der Waals surface area contributed by atoms with E-state index in [1.807, 2.05) is 71.8 Å². The van der Waals surface area contributed by atoms with Crippen molar-refractivity contribution in [3.63, 3.8) is 0 Å². The van der Waals surface area contributed by atoms with Crippen molar-refractivity contribution < 1.29 is 4.79 Å². The summed E-state index contributed by atoms with van der Waals surface area (Å²) in [4.78, 5) is 15.8. The van der Waals surface area contributed by atoms with Crippen LogP contribution in [0.1, 0.15) is 11.8 Å². The van der Waals surface area contributed by atoms with Gasteiger partial charge in [-0.15, -0.1) is 21.5 Å². The van der Waals surface area contributed by atoms with Crippen molar-refractivity contribution in [1.82, 2.24) is 15.1 Å². The monoisotopic (exact) mass is 419 g/mol.